The predicted molar refractivity (Wildman–Crippen MR) is 79.8 cm³/mol. The van der Waals surface area contributed by atoms with Crippen LogP contribution in [0.5, 0.6) is 11.6 Å². The molecule has 1 N–H and O–H groups in total. The Balaban J connectivity index is 2.16. The van der Waals surface area contributed by atoms with Gasteiger partial charge in [-0.25, -0.2) is 9.37 Å². The Morgan fingerprint density at radius 3 is 2.86 bits per heavy atom. The lowest BCUT2D eigenvalue weighted by Crippen LogP contribution is -2.19. The molecule has 0 fully saturated rings. The molecule has 0 spiro atoms. The summed E-state index contributed by atoms with van der Waals surface area (Å²) >= 11 is 0. The van der Waals surface area contributed by atoms with Crippen LogP contribution in [0, 0.1) is 18.7 Å². The van der Waals surface area contributed by atoms with Gasteiger partial charge in [0.2, 0.25) is 5.88 Å². The van der Waals surface area contributed by atoms with Crippen LogP contribution in [0.2, 0.25) is 0 Å². The van der Waals surface area contributed by atoms with Crippen molar-refractivity contribution in [2.75, 3.05) is 6.54 Å². The first-order valence-corrected chi connectivity index (χ1v) is 7.01. The number of halogens is 1. The Bertz CT molecular complexity index is 602. The van der Waals surface area contributed by atoms with Crippen LogP contribution in [0.4, 0.5) is 4.39 Å². The molecule has 4 nitrogen and oxygen atoms in total. The molecule has 0 saturated heterocycles. The second-order valence-electron chi connectivity index (χ2n) is 5.33. The molecule has 0 aromatic carbocycles. The number of rotatable bonds is 6. The smallest absolute Gasteiger partial charge is 0.224 e. The fraction of sp³-hybridized carbons (Fsp3) is 0.375. The molecule has 2 heterocycles. The van der Waals surface area contributed by atoms with Gasteiger partial charge >= 0.3 is 0 Å². The molecule has 0 atom stereocenters. The number of nitrogens with zero attached hydrogens (tertiary/aromatic N) is 2. The van der Waals surface area contributed by atoms with Gasteiger partial charge in [-0.15, -0.1) is 0 Å². The average Bonchev–Trinajstić information content (AvgIpc) is 2.43. The van der Waals surface area contributed by atoms with E-state index in [-0.39, 0.29) is 5.82 Å². The van der Waals surface area contributed by atoms with Crippen LogP contribution in [-0.4, -0.2) is 16.5 Å². The number of ether oxygens (including phenoxy) is 1. The average molecular weight is 289 g/mol. The molecule has 5 heteroatoms. The Morgan fingerprint density at radius 2 is 2.14 bits per heavy atom. The van der Waals surface area contributed by atoms with Crippen LogP contribution < -0.4 is 10.1 Å². The number of pyridine rings is 2. The van der Waals surface area contributed by atoms with Crippen LogP contribution in [-0.2, 0) is 6.54 Å². The van der Waals surface area contributed by atoms with Crippen molar-refractivity contribution in [3.63, 3.8) is 0 Å². The molecule has 2 aromatic rings. The third-order valence-corrected chi connectivity index (χ3v) is 2.93. The Kier molecular flexibility index (Phi) is 5.22. The van der Waals surface area contributed by atoms with Gasteiger partial charge in [-0.1, -0.05) is 13.8 Å². The van der Waals surface area contributed by atoms with E-state index in [0.29, 0.717) is 29.7 Å². The molecule has 0 aliphatic heterocycles. The van der Waals surface area contributed by atoms with Gasteiger partial charge in [-0.3, -0.25) is 4.98 Å². The minimum absolute atomic E-state index is 0.369. The quantitative estimate of drug-likeness (QED) is 0.884. The lowest BCUT2D eigenvalue weighted by Gasteiger charge is -2.13. The fourth-order valence-electron chi connectivity index (χ4n) is 1.86. The van der Waals surface area contributed by atoms with E-state index >= 15 is 0 Å². The zero-order chi connectivity index (χ0) is 15.2. The molecule has 21 heavy (non-hydrogen) atoms. The van der Waals surface area contributed by atoms with Crippen molar-refractivity contribution in [2.45, 2.75) is 27.3 Å². The van der Waals surface area contributed by atoms with E-state index in [2.05, 4.69) is 29.1 Å². The summed E-state index contributed by atoms with van der Waals surface area (Å²) in [5.41, 5.74) is 1.46. The van der Waals surface area contributed by atoms with Gasteiger partial charge in [0.15, 0.2) is 5.75 Å². The fourth-order valence-corrected chi connectivity index (χ4v) is 1.86. The molecular weight excluding hydrogens is 269 g/mol. The highest BCUT2D eigenvalue weighted by atomic mass is 19.1. The Hall–Kier alpha value is -2.01. The van der Waals surface area contributed by atoms with Crippen molar-refractivity contribution in [1.29, 1.82) is 0 Å². The number of aromatic nitrogens is 2. The molecular formula is C16H20FN3O. The number of nitrogens with one attached hydrogen (secondary N) is 1. The van der Waals surface area contributed by atoms with Crippen LogP contribution >= 0.6 is 0 Å². The standard InChI is InChI=1S/C16H20FN3O/c1-11(2)8-18-9-13-7-14(17)10-20-16(13)21-15-5-4-6-19-12(15)3/h4-7,10-11,18H,8-9H2,1-3H3. The minimum Gasteiger partial charge on any atom is -0.437 e. The summed E-state index contributed by atoms with van der Waals surface area (Å²) in [6, 6.07) is 5.06. The molecule has 0 saturated carbocycles. The van der Waals surface area contributed by atoms with E-state index in [0.717, 1.165) is 18.4 Å². The molecule has 0 bridgehead atoms. The zero-order valence-electron chi connectivity index (χ0n) is 12.6. The van der Waals surface area contributed by atoms with Gasteiger partial charge in [0.25, 0.3) is 0 Å². The van der Waals surface area contributed by atoms with Gasteiger partial charge < -0.3 is 10.1 Å². The molecule has 0 aliphatic carbocycles. The van der Waals surface area contributed by atoms with Crippen molar-refractivity contribution in [1.82, 2.24) is 15.3 Å². The monoisotopic (exact) mass is 289 g/mol. The van der Waals surface area contributed by atoms with Gasteiger partial charge in [0.05, 0.1) is 11.9 Å². The first-order chi connectivity index (χ1) is 10.1. The molecule has 2 aromatic heterocycles. The maximum absolute atomic E-state index is 13.4. The van der Waals surface area contributed by atoms with Crippen LogP contribution in [0.15, 0.2) is 30.6 Å². The van der Waals surface area contributed by atoms with Gasteiger partial charge in [-0.05, 0) is 37.6 Å². The summed E-state index contributed by atoms with van der Waals surface area (Å²) in [7, 11) is 0. The normalized spacial score (nSPS) is 10.9. The zero-order valence-corrected chi connectivity index (χ0v) is 12.6. The maximum Gasteiger partial charge on any atom is 0.224 e. The summed E-state index contributed by atoms with van der Waals surface area (Å²) in [5, 5.41) is 3.27. The van der Waals surface area contributed by atoms with E-state index in [1.54, 1.807) is 12.3 Å². The van der Waals surface area contributed by atoms with Gasteiger partial charge in [0.1, 0.15) is 5.82 Å². The molecule has 0 unspecified atom stereocenters. The lowest BCUT2D eigenvalue weighted by molar-refractivity contribution is 0.440. The number of aryl methyl sites for hydroxylation is 1. The molecule has 112 valence electrons. The second kappa shape index (κ2) is 7.13. The lowest BCUT2D eigenvalue weighted by atomic mass is 10.2. The molecule has 0 amide bonds. The predicted octanol–water partition coefficient (Wildman–Crippen LogP) is 3.46. The highest BCUT2D eigenvalue weighted by Crippen LogP contribution is 2.25. The Labute approximate surface area is 124 Å². The topological polar surface area (TPSA) is 47.0 Å². The van der Waals surface area contributed by atoms with Crippen molar-refractivity contribution in [3.8, 4) is 11.6 Å². The third-order valence-electron chi connectivity index (χ3n) is 2.93. The van der Waals surface area contributed by atoms with Gasteiger partial charge in [-0.2, -0.15) is 0 Å². The van der Waals surface area contributed by atoms with E-state index < -0.39 is 0 Å². The van der Waals surface area contributed by atoms with E-state index in [1.807, 2.05) is 13.0 Å². The largest absolute Gasteiger partial charge is 0.437 e. The first-order valence-electron chi connectivity index (χ1n) is 7.01. The second-order valence-corrected chi connectivity index (χ2v) is 5.33. The summed E-state index contributed by atoms with van der Waals surface area (Å²) in [6.45, 7) is 7.45. The Morgan fingerprint density at radius 1 is 1.33 bits per heavy atom. The third kappa shape index (κ3) is 4.49. The molecule has 2 rings (SSSR count). The van der Waals surface area contributed by atoms with Crippen molar-refractivity contribution in [3.05, 3.63) is 47.7 Å². The van der Waals surface area contributed by atoms with Crippen molar-refractivity contribution < 1.29 is 9.13 Å². The SMILES string of the molecule is Cc1ncccc1Oc1ncc(F)cc1CNCC(C)C. The summed E-state index contributed by atoms with van der Waals surface area (Å²) < 4.78 is 19.2. The van der Waals surface area contributed by atoms with Crippen molar-refractivity contribution in [2.24, 2.45) is 5.92 Å². The highest BCUT2D eigenvalue weighted by molar-refractivity contribution is 5.34. The van der Waals surface area contributed by atoms with E-state index in [1.165, 1.54) is 6.07 Å². The van der Waals surface area contributed by atoms with Gasteiger partial charge in [0, 0.05) is 18.3 Å². The summed E-state index contributed by atoms with van der Waals surface area (Å²) in [6.07, 6.45) is 2.86. The molecule has 0 aliphatic rings. The molecule has 0 radical (unpaired) electrons. The minimum atomic E-state index is -0.369. The first kappa shape index (κ1) is 15.4. The van der Waals surface area contributed by atoms with Crippen LogP contribution in [0.1, 0.15) is 25.1 Å². The van der Waals surface area contributed by atoms with E-state index in [4.69, 9.17) is 4.74 Å². The highest BCUT2D eigenvalue weighted by Gasteiger charge is 2.10. The summed E-state index contributed by atoms with van der Waals surface area (Å²) in [5.74, 6) is 1.19. The van der Waals surface area contributed by atoms with Crippen LogP contribution in [0.25, 0.3) is 0 Å². The van der Waals surface area contributed by atoms with Crippen LogP contribution in [0.3, 0.4) is 0 Å². The van der Waals surface area contributed by atoms with Crippen molar-refractivity contribution >= 4 is 0 Å². The number of hydrogen-bond acceptors (Lipinski definition) is 4. The number of hydrogen-bond donors (Lipinski definition) is 1. The van der Waals surface area contributed by atoms with E-state index in [9.17, 15) is 4.39 Å². The summed E-state index contributed by atoms with van der Waals surface area (Å²) in [4.78, 5) is 8.21. The maximum atomic E-state index is 13.4.